The van der Waals surface area contributed by atoms with Crippen molar-refractivity contribution in [3.63, 3.8) is 0 Å². The highest BCUT2D eigenvalue weighted by molar-refractivity contribution is 5.94. The number of hydrogen-bond donors (Lipinski definition) is 1. The Morgan fingerprint density at radius 2 is 1.77 bits per heavy atom. The summed E-state index contributed by atoms with van der Waals surface area (Å²) in [4.78, 5) is 30.9. The first-order chi connectivity index (χ1) is 17.1. The highest BCUT2D eigenvalue weighted by atomic mass is 19.1. The lowest BCUT2D eigenvalue weighted by Gasteiger charge is -2.35. The van der Waals surface area contributed by atoms with Crippen molar-refractivity contribution in [3.05, 3.63) is 90.5 Å². The van der Waals surface area contributed by atoms with Crippen LogP contribution in [0.25, 0.3) is 11.2 Å². The van der Waals surface area contributed by atoms with Gasteiger partial charge in [-0.3, -0.25) is 4.79 Å². The summed E-state index contributed by atoms with van der Waals surface area (Å²) in [7, 11) is 0. The van der Waals surface area contributed by atoms with Crippen LogP contribution in [0.2, 0.25) is 0 Å². The molecule has 1 amide bonds. The van der Waals surface area contributed by atoms with Gasteiger partial charge in [-0.2, -0.15) is 9.97 Å². The number of halogens is 1. The van der Waals surface area contributed by atoms with Crippen LogP contribution in [0.5, 0.6) is 0 Å². The Hall–Kier alpha value is -4.27. The zero-order valence-corrected chi connectivity index (χ0v) is 19.3. The molecule has 178 valence electrons. The molecule has 35 heavy (non-hydrogen) atoms. The van der Waals surface area contributed by atoms with E-state index in [4.69, 9.17) is 9.97 Å². The molecular weight excluding hydrogens is 445 g/mol. The van der Waals surface area contributed by atoms with E-state index in [-0.39, 0.29) is 11.7 Å². The molecule has 0 saturated carbocycles. The summed E-state index contributed by atoms with van der Waals surface area (Å²) >= 11 is 0. The molecule has 8 nitrogen and oxygen atoms in total. The van der Waals surface area contributed by atoms with Gasteiger partial charge in [-0.25, -0.2) is 9.37 Å². The molecule has 0 spiro atoms. The predicted octanol–water partition coefficient (Wildman–Crippen LogP) is 3.57. The summed E-state index contributed by atoms with van der Waals surface area (Å²) in [5.41, 5.74) is 3.09. The van der Waals surface area contributed by atoms with E-state index in [0.29, 0.717) is 62.1 Å². The fourth-order valence-electron chi connectivity index (χ4n) is 4.15. The summed E-state index contributed by atoms with van der Waals surface area (Å²) < 4.78 is 15.2. The number of hydrogen-bond acceptors (Lipinski definition) is 6. The van der Waals surface area contributed by atoms with Crippen molar-refractivity contribution in [1.82, 2.24) is 24.4 Å². The molecule has 0 radical (unpaired) electrons. The second-order valence-electron chi connectivity index (χ2n) is 8.36. The standard InChI is InChI=1S/C26H26FN7O/c1-2-12-28-23-22-24(34(18-29-22)17-19-6-4-3-5-7-19)31-26(30-23)33-15-13-32(14-16-33)25(35)20-8-10-21(27)11-9-20/h2-11,18H,1,12-17H2,(H,28,30,31). The maximum absolute atomic E-state index is 13.2. The molecule has 5 rings (SSSR count). The number of carbonyl (C=O) groups is 1. The van der Waals surface area contributed by atoms with E-state index >= 15 is 0 Å². The van der Waals surface area contributed by atoms with E-state index in [0.717, 1.165) is 11.2 Å². The number of piperazine rings is 1. The van der Waals surface area contributed by atoms with Gasteiger partial charge in [0.25, 0.3) is 5.91 Å². The molecule has 0 bridgehead atoms. The lowest BCUT2D eigenvalue weighted by molar-refractivity contribution is 0.0746. The number of aromatic nitrogens is 4. The topological polar surface area (TPSA) is 79.2 Å². The van der Waals surface area contributed by atoms with Crippen LogP contribution in [-0.4, -0.2) is 63.0 Å². The first kappa shape index (κ1) is 22.5. The van der Waals surface area contributed by atoms with Gasteiger partial charge in [-0.05, 0) is 29.8 Å². The average molecular weight is 472 g/mol. The largest absolute Gasteiger partial charge is 0.365 e. The third-order valence-corrected chi connectivity index (χ3v) is 6.00. The van der Waals surface area contributed by atoms with E-state index in [9.17, 15) is 9.18 Å². The summed E-state index contributed by atoms with van der Waals surface area (Å²) in [6.07, 6.45) is 3.56. The maximum atomic E-state index is 13.2. The quantitative estimate of drug-likeness (QED) is 0.415. The lowest BCUT2D eigenvalue weighted by Crippen LogP contribution is -2.49. The number of amides is 1. The number of carbonyl (C=O) groups excluding carboxylic acids is 1. The van der Waals surface area contributed by atoms with Crippen molar-refractivity contribution in [2.45, 2.75) is 6.54 Å². The molecule has 1 fully saturated rings. The molecule has 1 N–H and O–H groups in total. The van der Waals surface area contributed by atoms with Gasteiger partial charge >= 0.3 is 0 Å². The third-order valence-electron chi connectivity index (χ3n) is 6.00. The number of nitrogens with zero attached hydrogens (tertiary/aromatic N) is 6. The fraction of sp³-hybridized carbons (Fsp3) is 0.231. The van der Waals surface area contributed by atoms with Crippen molar-refractivity contribution in [1.29, 1.82) is 0 Å². The van der Waals surface area contributed by atoms with Crippen molar-refractivity contribution in [2.75, 3.05) is 42.9 Å². The SMILES string of the molecule is C=CCNc1nc(N2CCN(C(=O)c3ccc(F)cc3)CC2)nc2c1ncn2Cc1ccccc1. The summed E-state index contributed by atoms with van der Waals surface area (Å²) in [5.74, 6) is 0.788. The Morgan fingerprint density at radius 1 is 1.03 bits per heavy atom. The predicted molar refractivity (Wildman–Crippen MR) is 134 cm³/mol. The van der Waals surface area contributed by atoms with Gasteiger partial charge in [0.05, 0.1) is 12.9 Å². The summed E-state index contributed by atoms with van der Waals surface area (Å²) in [5, 5.41) is 3.28. The van der Waals surface area contributed by atoms with Crippen molar-refractivity contribution >= 4 is 28.8 Å². The first-order valence-corrected chi connectivity index (χ1v) is 11.5. The second kappa shape index (κ2) is 9.92. The van der Waals surface area contributed by atoms with Gasteiger partial charge in [0, 0.05) is 38.3 Å². The minimum absolute atomic E-state index is 0.102. The third kappa shape index (κ3) is 4.84. The zero-order valence-electron chi connectivity index (χ0n) is 19.3. The molecule has 9 heteroatoms. The Bertz CT molecular complexity index is 1330. The molecule has 0 unspecified atom stereocenters. The van der Waals surface area contributed by atoms with Crippen LogP contribution in [0.4, 0.5) is 16.2 Å². The van der Waals surface area contributed by atoms with E-state index in [1.165, 1.54) is 24.3 Å². The van der Waals surface area contributed by atoms with Crippen LogP contribution in [0.3, 0.4) is 0 Å². The molecule has 3 heterocycles. The van der Waals surface area contributed by atoms with Crippen molar-refractivity contribution < 1.29 is 9.18 Å². The molecule has 1 saturated heterocycles. The fourth-order valence-corrected chi connectivity index (χ4v) is 4.15. The minimum atomic E-state index is -0.355. The molecule has 2 aromatic heterocycles. The molecular formula is C26H26FN7O. The molecule has 0 atom stereocenters. The highest BCUT2D eigenvalue weighted by Crippen LogP contribution is 2.24. The molecule has 0 aliphatic carbocycles. The normalized spacial score (nSPS) is 13.7. The minimum Gasteiger partial charge on any atom is -0.365 e. The number of rotatable bonds is 7. The second-order valence-corrected chi connectivity index (χ2v) is 8.36. The smallest absolute Gasteiger partial charge is 0.253 e. The van der Waals surface area contributed by atoms with Crippen LogP contribution in [0.15, 0.2) is 73.6 Å². The van der Waals surface area contributed by atoms with Gasteiger partial charge < -0.3 is 19.7 Å². The van der Waals surface area contributed by atoms with Crippen molar-refractivity contribution in [3.8, 4) is 0 Å². The van der Waals surface area contributed by atoms with Crippen LogP contribution < -0.4 is 10.2 Å². The van der Waals surface area contributed by atoms with Crippen LogP contribution >= 0.6 is 0 Å². The Morgan fingerprint density at radius 3 is 2.49 bits per heavy atom. The molecule has 1 aliphatic rings. The van der Waals surface area contributed by atoms with Gasteiger partial charge in [-0.15, -0.1) is 6.58 Å². The summed E-state index contributed by atoms with van der Waals surface area (Å²) in [6.45, 7) is 7.21. The highest BCUT2D eigenvalue weighted by Gasteiger charge is 2.25. The van der Waals surface area contributed by atoms with Crippen molar-refractivity contribution in [2.24, 2.45) is 0 Å². The summed E-state index contributed by atoms with van der Waals surface area (Å²) in [6, 6.07) is 15.8. The maximum Gasteiger partial charge on any atom is 0.253 e. The first-order valence-electron chi connectivity index (χ1n) is 11.5. The number of imidazole rings is 1. The Kier molecular flexibility index (Phi) is 6.38. The van der Waals surface area contributed by atoms with E-state index in [1.54, 1.807) is 17.3 Å². The zero-order chi connectivity index (χ0) is 24.2. The lowest BCUT2D eigenvalue weighted by atomic mass is 10.2. The number of fused-ring (bicyclic) bond motifs is 1. The number of anilines is 2. The van der Waals surface area contributed by atoms with Crippen LogP contribution in [0, 0.1) is 5.82 Å². The average Bonchev–Trinajstić information content (AvgIpc) is 3.30. The van der Waals surface area contributed by atoms with Gasteiger partial charge in [-0.1, -0.05) is 36.4 Å². The molecule has 2 aromatic carbocycles. The Labute approximate surface area is 202 Å². The monoisotopic (exact) mass is 471 g/mol. The van der Waals surface area contributed by atoms with E-state index in [1.807, 2.05) is 22.8 Å². The van der Waals surface area contributed by atoms with Crippen LogP contribution in [0.1, 0.15) is 15.9 Å². The molecule has 4 aromatic rings. The van der Waals surface area contributed by atoms with Gasteiger partial charge in [0.15, 0.2) is 17.0 Å². The van der Waals surface area contributed by atoms with Gasteiger partial charge in [0.1, 0.15) is 5.82 Å². The number of benzene rings is 2. The van der Waals surface area contributed by atoms with Gasteiger partial charge in [0.2, 0.25) is 5.95 Å². The van der Waals surface area contributed by atoms with Crippen LogP contribution in [-0.2, 0) is 6.54 Å². The number of nitrogens with one attached hydrogen (secondary N) is 1. The molecule has 1 aliphatic heterocycles. The van der Waals surface area contributed by atoms with E-state index < -0.39 is 0 Å². The Balaban J connectivity index is 1.38. The van der Waals surface area contributed by atoms with E-state index in [2.05, 4.69) is 33.9 Å².